The van der Waals surface area contributed by atoms with Crippen molar-refractivity contribution in [2.45, 2.75) is 44.1 Å². The number of hydrogen-bond acceptors (Lipinski definition) is 4. The average molecular weight is 345 g/mol. The van der Waals surface area contributed by atoms with Crippen LogP contribution in [0.3, 0.4) is 0 Å². The largest absolute Gasteiger partial charge is 0.461 e. The standard InChI is InChI=1S/C15H18F3N3O3/c1-2-20-14(19)24-12-4-3-7-15(17,18)13(12)10-8-9(21(22)23)5-6-11(10)16/h5-6,8,12-13H,2-4,7H2,1H3,(H2,19,20)/t12-,13-/m1/s1. The van der Waals surface area contributed by atoms with E-state index in [-0.39, 0.29) is 18.9 Å². The van der Waals surface area contributed by atoms with Gasteiger partial charge in [-0.1, -0.05) is 0 Å². The van der Waals surface area contributed by atoms with Gasteiger partial charge < -0.3 is 10.5 Å². The lowest BCUT2D eigenvalue weighted by molar-refractivity contribution is -0.385. The molecule has 2 atom stereocenters. The van der Waals surface area contributed by atoms with Crippen molar-refractivity contribution in [3.05, 3.63) is 39.7 Å². The Morgan fingerprint density at radius 3 is 2.88 bits per heavy atom. The fraction of sp³-hybridized carbons (Fsp3) is 0.533. The second-order valence-electron chi connectivity index (χ2n) is 5.56. The molecule has 1 fully saturated rings. The van der Waals surface area contributed by atoms with Gasteiger partial charge in [-0.15, -0.1) is 0 Å². The number of nitrogens with zero attached hydrogens (tertiary/aromatic N) is 2. The zero-order chi connectivity index (χ0) is 17.9. The van der Waals surface area contributed by atoms with E-state index in [0.717, 1.165) is 18.2 Å². The summed E-state index contributed by atoms with van der Waals surface area (Å²) in [4.78, 5) is 13.9. The molecule has 0 heterocycles. The van der Waals surface area contributed by atoms with Gasteiger partial charge in [0.2, 0.25) is 0 Å². The Kier molecular flexibility index (Phi) is 5.30. The zero-order valence-electron chi connectivity index (χ0n) is 13.0. The van der Waals surface area contributed by atoms with Crippen LogP contribution in [-0.2, 0) is 4.74 Å². The monoisotopic (exact) mass is 345 g/mol. The molecule has 1 aromatic rings. The van der Waals surface area contributed by atoms with Crippen LogP contribution in [0.4, 0.5) is 18.9 Å². The van der Waals surface area contributed by atoms with Crippen LogP contribution in [0.5, 0.6) is 0 Å². The van der Waals surface area contributed by atoms with Crippen LogP contribution in [0.2, 0.25) is 0 Å². The van der Waals surface area contributed by atoms with E-state index in [1.807, 2.05) is 0 Å². The van der Waals surface area contributed by atoms with Gasteiger partial charge in [-0.3, -0.25) is 10.1 Å². The number of rotatable bonds is 4. The second kappa shape index (κ2) is 7.06. The number of hydrogen-bond donors (Lipinski definition) is 1. The first-order valence-corrected chi connectivity index (χ1v) is 7.54. The van der Waals surface area contributed by atoms with Crippen LogP contribution in [0.15, 0.2) is 23.2 Å². The van der Waals surface area contributed by atoms with Crippen molar-refractivity contribution >= 4 is 11.7 Å². The molecule has 132 valence electrons. The van der Waals surface area contributed by atoms with E-state index in [1.54, 1.807) is 6.92 Å². The number of alkyl halides is 2. The summed E-state index contributed by atoms with van der Waals surface area (Å²) in [5.41, 5.74) is 4.64. The first-order valence-electron chi connectivity index (χ1n) is 7.54. The van der Waals surface area contributed by atoms with Crippen molar-refractivity contribution in [1.82, 2.24) is 0 Å². The number of nitro groups is 1. The molecular formula is C15H18F3N3O3. The minimum absolute atomic E-state index is 0.171. The third kappa shape index (κ3) is 3.77. The molecule has 24 heavy (non-hydrogen) atoms. The summed E-state index contributed by atoms with van der Waals surface area (Å²) >= 11 is 0. The van der Waals surface area contributed by atoms with E-state index in [2.05, 4.69) is 4.99 Å². The van der Waals surface area contributed by atoms with Crippen molar-refractivity contribution < 1.29 is 22.8 Å². The summed E-state index contributed by atoms with van der Waals surface area (Å²) in [5, 5.41) is 10.9. The molecule has 0 amide bonds. The Morgan fingerprint density at radius 1 is 1.54 bits per heavy atom. The third-order valence-electron chi connectivity index (χ3n) is 3.94. The zero-order valence-corrected chi connectivity index (χ0v) is 13.0. The summed E-state index contributed by atoms with van der Waals surface area (Å²) in [6.45, 7) is 2.01. The van der Waals surface area contributed by atoms with Crippen LogP contribution < -0.4 is 5.73 Å². The minimum atomic E-state index is -3.27. The lowest BCUT2D eigenvalue weighted by Gasteiger charge is -2.37. The van der Waals surface area contributed by atoms with E-state index in [0.29, 0.717) is 6.54 Å². The molecule has 0 saturated heterocycles. The van der Waals surface area contributed by atoms with Gasteiger partial charge in [-0.2, -0.15) is 0 Å². The molecule has 0 aromatic heterocycles. The summed E-state index contributed by atoms with van der Waals surface area (Å²) in [5.74, 6) is -5.88. The molecule has 9 heteroatoms. The number of non-ortho nitro benzene ring substituents is 1. The molecule has 1 saturated carbocycles. The Bertz CT molecular complexity index is 652. The topological polar surface area (TPSA) is 90.8 Å². The van der Waals surface area contributed by atoms with Crippen molar-refractivity contribution in [1.29, 1.82) is 0 Å². The lowest BCUT2D eigenvalue weighted by atomic mass is 9.78. The van der Waals surface area contributed by atoms with Gasteiger partial charge in [0.15, 0.2) is 0 Å². The fourth-order valence-corrected chi connectivity index (χ4v) is 2.92. The molecular weight excluding hydrogens is 327 g/mol. The highest BCUT2D eigenvalue weighted by Crippen LogP contribution is 2.47. The van der Waals surface area contributed by atoms with Gasteiger partial charge in [-0.25, -0.2) is 18.2 Å². The summed E-state index contributed by atoms with van der Waals surface area (Å²) in [6.07, 6.45) is -1.17. The Morgan fingerprint density at radius 2 is 2.25 bits per heavy atom. The Balaban J connectivity index is 2.46. The van der Waals surface area contributed by atoms with Crippen molar-refractivity contribution in [3.8, 4) is 0 Å². The molecule has 0 spiro atoms. The van der Waals surface area contributed by atoms with E-state index < -0.39 is 46.4 Å². The van der Waals surface area contributed by atoms with Gasteiger partial charge in [-0.05, 0) is 25.8 Å². The molecule has 1 aliphatic rings. The Hall–Kier alpha value is -2.32. The molecule has 1 aliphatic carbocycles. The normalized spacial score (nSPS) is 23.8. The second-order valence-corrected chi connectivity index (χ2v) is 5.56. The predicted octanol–water partition coefficient (Wildman–Crippen LogP) is 3.36. The van der Waals surface area contributed by atoms with Crippen molar-refractivity contribution in [2.24, 2.45) is 10.7 Å². The molecule has 2 rings (SSSR count). The highest BCUT2D eigenvalue weighted by Gasteiger charge is 2.50. The van der Waals surface area contributed by atoms with Crippen LogP contribution in [0.25, 0.3) is 0 Å². The molecule has 2 N–H and O–H groups in total. The maximum Gasteiger partial charge on any atom is 0.282 e. The van der Waals surface area contributed by atoms with Gasteiger partial charge in [0.25, 0.3) is 17.6 Å². The summed E-state index contributed by atoms with van der Waals surface area (Å²) < 4.78 is 48.4. The van der Waals surface area contributed by atoms with Crippen molar-refractivity contribution in [2.75, 3.05) is 6.54 Å². The smallest absolute Gasteiger partial charge is 0.282 e. The number of amidine groups is 1. The summed E-state index contributed by atoms with van der Waals surface area (Å²) in [6, 6.07) is 2.33. The molecule has 0 radical (unpaired) electrons. The first kappa shape index (κ1) is 18.0. The quantitative estimate of drug-likeness (QED) is 0.392. The molecule has 0 unspecified atom stereocenters. The molecule has 1 aromatic carbocycles. The number of halogens is 3. The van der Waals surface area contributed by atoms with Crippen LogP contribution in [0, 0.1) is 15.9 Å². The van der Waals surface area contributed by atoms with Crippen LogP contribution >= 0.6 is 0 Å². The highest BCUT2D eigenvalue weighted by molar-refractivity contribution is 5.71. The van der Waals surface area contributed by atoms with Gasteiger partial charge in [0.05, 0.1) is 10.8 Å². The van der Waals surface area contributed by atoms with E-state index in [1.165, 1.54) is 0 Å². The van der Waals surface area contributed by atoms with Crippen LogP contribution in [-0.4, -0.2) is 29.5 Å². The average Bonchev–Trinajstić information content (AvgIpc) is 2.48. The Labute approximate surface area is 136 Å². The van der Waals surface area contributed by atoms with E-state index in [9.17, 15) is 23.3 Å². The number of ether oxygens (including phenoxy) is 1. The van der Waals surface area contributed by atoms with Crippen LogP contribution in [0.1, 0.15) is 37.7 Å². The maximum absolute atomic E-state index is 14.5. The highest BCUT2D eigenvalue weighted by atomic mass is 19.3. The van der Waals surface area contributed by atoms with Gasteiger partial charge >= 0.3 is 0 Å². The first-order chi connectivity index (χ1) is 11.3. The predicted molar refractivity (Wildman–Crippen MR) is 81.6 cm³/mol. The van der Waals surface area contributed by atoms with E-state index >= 15 is 0 Å². The summed E-state index contributed by atoms with van der Waals surface area (Å²) in [7, 11) is 0. The fourth-order valence-electron chi connectivity index (χ4n) is 2.92. The molecule has 6 nitrogen and oxygen atoms in total. The third-order valence-corrected chi connectivity index (χ3v) is 3.94. The number of aliphatic imine (C=N–C) groups is 1. The van der Waals surface area contributed by atoms with Crippen molar-refractivity contribution in [3.63, 3.8) is 0 Å². The molecule has 0 bridgehead atoms. The maximum atomic E-state index is 14.5. The van der Waals surface area contributed by atoms with E-state index in [4.69, 9.17) is 10.5 Å². The number of benzene rings is 1. The SMILES string of the molecule is CCN=C(N)O[C@@H]1CCCC(F)(F)[C@@H]1c1cc([N+](=O)[O-])ccc1F. The van der Waals surface area contributed by atoms with Gasteiger partial charge in [0, 0.05) is 30.7 Å². The van der Waals surface area contributed by atoms with Gasteiger partial charge in [0.1, 0.15) is 11.9 Å². The number of nitrogens with two attached hydrogens (primary N) is 1. The minimum Gasteiger partial charge on any atom is -0.461 e. The molecule has 0 aliphatic heterocycles. The lowest BCUT2D eigenvalue weighted by Crippen LogP contribution is -2.43. The number of nitro benzene ring substituents is 1.